The Bertz CT molecular complexity index is 1010. The number of H-pyrrole nitrogens is 1. The number of carboxylic acids is 1. The molecule has 3 rings (SSSR count). The number of aromatic amines is 1. The van der Waals surface area contributed by atoms with Crippen LogP contribution in [0.2, 0.25) is 0 Å². The van der Waals surface area contributed by atoms with Gasteiger partial charge in [0.1, 0.15) is 5.60 Å². The topological polar surface area (TPSA) is 104 Å². The minimum absolute atomic E-state index is 0.161. The fourth-order valence-electron chi connectivity index (χ4n) is 3.13. The fourth-order valence-corrected chi connectivity index (χ4v) is 3.13. The fraction of sp³-hybridized carbons (Fsp3) is 0.261. The maximum Gasteiger partial charge on any atom is 0.408 e. The molecule has 7 heteroatoms. The zero-order valence-corrected chi connectivity index (χ0v) is 17.2. The molecule has 0 aliphatic heterocycles. The van der Waals surface area contributed by atoms with Crippen molar-refractivity contribution in [1.29, 1.82) is 0 Å². The van der Waals surface area contributed by atoms with Crippen molar-refractivity contribution < 1.29 is 19.4 Å². The van der Waals surface area contributed by atoms with Gasteiger partial charge in [0.15, 0.2) is 0 Å². The molecule has 3 N–H and O–H groups in total. The summed E-state index contributed by atoms with van der Waals surface area (Å²) in [4.78, 5) is 31.5. The number of carboxylic acid groups (broad SMARTS) is 1. The molecular weight excluding hydrogens is 382 g/mol. The van der Waals surface area contributed by atoms with Gasteiger partial charge in [0, 0.05) is 35.8 Å². The average molecular weight is 407 g/mol. The smallest absolute Gasteiger partial charge is 0.408 e. The number of carbonyl (C=O) groups excluding carboxylic acids is 1. The second-order valence-electron chi connectivity index (χ2n) is 7.93. The van der Waals surface area contributed by atoms with Crippen LogP contribution in [0.1, 0.15) is 48.4 Å². The number of aromatic nitrogens is 2. The van der Waals surface area contributed by atoms with Gasteiger partial charge in [-0.25, -0.2) is 9.59 Å². The summed E-state index contributed by atoms with van der Waals surface area (Å²) in [5, 5.41) is 12.6. The maximum absolute atomic E-state index is 12.4. The largest absolute Gasteiger partial charge is 0.478 e. The Kier molecular flexibility index (Phi) is 6.20. The number of pyridine rings is 1. The van der Waals surface area contributed by atoms with Crippen LogP contribution in [0, 0.1) is 0 Å². The summed E-state index contributed by atoms with van der Waals surface area (Å²) in [7, 11) is 0. The van der Waals surface area contributed by atoms with Crippen molar-refractivity contribution in [1.82, 2.24) is 15.3 Å². The second kappa shape index (κ2) is 8.82. The van der Waals surface area contributed by atoms with E-state index in [1.807, 2.05) is 30.3 Å². The van der Waals surface area contributed by atoms with Gasteiger partial charge in [-0.3, -0.25) is 4.98 Å². The van der Waals surface area contributed by atoms with Crippen molar-refractivity contribution in [3.05, 3.63) is 77.7 Å². The number of benzene rings is 1. The molecule has 0 unspecified atom stereocenters. The molecule has 30 heavy (non-hydrogen) atoms. The molecule has 0 fully saturated rings. The molecule has 1 aromatic carbocycles. The van der Waals surface area contributed by atoms with E-state index in [0.29, 0.717) is 11.4 Å². The van der Waals surface area contributed by atoms with Crippen LogP contribution in [0.25, 0.3) is 11.3 Å². The molecule has 0 saturated carbocycles. The number of hydrogen-bond donors (Lipinski definition) is 3. The molecule has 3 aromatic rings. The number of alkyl carbamates (subject to hydrolysis) is 1. The van der Waals surface area contributed by atoms with Crippen LogP contribution in [0.5, 0.6) is 0 Å². The van der Waals surface area contributed by atoms with Gasteiger partial charge in [-0.15, -0.1) is 0 Å². The highest BCUT2D eigenvalue weighted by Crippen LogP contribution is 2.26. The summed E-state index contributed by atoms with van der Waals surface area (Å²) < 4.78 is 5.40. The van der Waals surface area contributed by atoms with Gasteiger partial charge < -0.3 is 20.1 Å². The highest BCUT2D eigenvalue weighted by atomic mass is 16.6. The number of amides is 1. The Morgan fingerprint density at radius 3 is 2.40 bits per heavy atom. The first kappa shape index (κ1) is 21.1. The van der Waals surface area contributed by atoms with Gasteiger partial charge in [0.25, 0.3) is 0 Å². The van der Waals surface area contributed by atoms with Gasteiger partial charge >= 0.3 is 12.1 Å². The molecule has 0 aliphatic rings. The first-order valence-electron chi connectivity index (χ1n) is 9.63. The highest BCUT2D eigenvalue weighted by molar-refractivity contribution is 5.91. The standard InChI is InChI=1S/C23H25N3O4/c1-23(2,3)30-22(29)26-19(15-7-5-4-6-8-15)14-20-17(21(27)28)13-18(25-20)16-9-11-24-12-10-16/h4-13,19,25H,14H2,1-3H3,(H,26,29)(H,27,28)/t19-/m0/s1. The summed E-state index contributed by atoms with van der Waals surface area (Å²) in [5.41, 5.74) is 2.38. The highest BCUT2D eigenvalue weighted by Gasteiger charge is 2.24. The first-order chi connectivity index (χ1) is 14.2. The first-order valence-corrected chi connectivity index (χ1v) is 9.63. The van der Waals surface area contributed by atoms with Crippen LogP contribution >= 0.6 is 0 Å². The summed E-state index contributed by atoms with van der Waals surface area (Å²) in [6.45, 7) is 5.37. The van der Waals surface area contributed by atoms with Crippen LogP contribution in [-0.4, -0.2) is 32.7 Å². The summed E-state index contributed by atoms with van der Waals surface area (Å²) in [6, 6.07) is 14.1. The predicted molar refractivity (Wildman–Crippen MR) is 113 cm³/mol. The molecule has 0 saturated heterocycles. The van der Waals surface area contributed by atoms with Crippen LogP contribution in [0.3, 0.4) is 0 Å². The zero-order chi connectivity index (χ0) is 21.7. The van der Waals surface area contributed by atoms with E-state index in [1.165, 1.54) is 0 Å². The van der Waals surface area contributed by atoms with Crippen molar-refractivity contribution in [2.24, 2.45) is 0 Å². The van der Waals surface area contributed by atoms with Crippen LogP contribution in [0.15, 0.2) is 60.9 Å². The monoisotopic (exact) mass is 407 g/mol. The minimum Gasteiger partial charge on any atom is -0.478 e. The lowest BCUT2D eigenvalue weighted by Gasteiger charge is -2.24. The molecule has 0 spiro atoms. The minimum atomic E-state index is -1.04. The SMILES string of the molecule is CC(C)(C)OC(=O)N[C@@H](Cc1[nH]c(-c2ccncc2)cc1C(=O)O)c1ccccc1. The van der Waals surface area contributed by atoms with Crippen LogP contribution in [-0.2, 0) is 11.2 Å². The normalized spacial score (nSPS) is 12.2. The lowest BCUT2D eigenvalue weighted by molar-refractivity contribution is 0.0503. The molecule has 2 heterocycles. The van der Waals surface area contributed by atoms with Crippen LogP contribution < -0.4 is 5.32 Å². The number of hydrogen-bond acceptors (Lipinski definition) is 4. The Morgan fingerprint density at radius 2 is 1.80 bits per heavy atom. The maximum atomic E-state index is 12.4. The Labute approximate surface area is 175 Å². The molecule has 1 amide bonds. The van der Waals surface area contributed by atoms with Crippen molar-refractivity contribution >= 4 is 12.1 Å². The van der Waals surface area contributed by atoms with Crippen molar-refractivity contribution in [2.45, 2.75) is 38.8 Å². The third-order valence-electron chi connectivity index (χ3n) is 4.42. The van der Waals surface area contributed by atoms with Crippen LogP contribution in [0.4, 0.5) is 4.79 Å². The Morgan fingerprint density at radius 1 is 1.13 bits per heavy atom. The zero-order valence-electron chi connectivity index (χ0n) is 17.2. The number of aromatic carboxylic acids is 1. The molecule has 2 aromatic heterocycles. The molecule has 0 radical (unpaired) electrons. The average Bonchev–Trinajstić information content (AvgIpc) is 3.12. The van der Waals surface area contributed by atoms with Gasteiger partial charge in [0.2, 0.25) is 0 Å². The number of rotatable bonds is 6. The van der Waals surface area contributed by atoms with E-state index >= 15 is 0 Å². The lowest BCUT2D eigenvalue weighted by atomic mass is 10.0. The Hall–Kier alpha value is -3.61. The van der Waals surface area contributed by atoms with E-state index in [2.05, 4.69) is 15.3 Å². The summed E-state index contributed by atoms with van der Waals surface area (Å²) in [5.74, 6) is -1.04. The predicted octanol–water partition coefficient (Wildman–Crippen LogP) is 4.58. The van der Waals surface area contributed by atoms with E-state index in [1.54, 1.807) is 51.4 Å². The summed E-state index contributed by atoms with van der Waals surface area (Å²) in [6.07, 6.45) is 2.99. The molecule has 1 atom stereocenters. The van der Waals surface area contributed by atoms with E-state index in [9.17, 15) is 14.7 Å². The number of carbonyl (C=O) groups is 2. The Balaban J connectivity index is 1.93. The number of nitrogens with one attached hydrogen (secondary N) is 2. The van der Waals surface area contributed by atoms with Crippen molar-refractivity contribution in [3.8, 4) is 11.3 Å². The van der Waals surface area contributed by atoms with E-state index in [0.717, 1.165) is 11.1 Å². The third kappa shape index (κ3) is 5.47. The van der Waals surface area contributed by atoms with Gasteiger partial charge in [-0.1, -0.05) is 30.3 Å². The van der Waals surface area contributed by atoms with E-state index < -0.39 is 23.7 Å². The third-order valence-corrected chi connectivity index (χ3v) is 4.42. The van der Waals surface area contributed by atoms with Crippen molar-refractivity contribution in [2.75, 3.05) is 0 Å². The number of ether oxygens (including phenoxy) is 1. The van der Waals surface area contributed by atoms with Crippen molar-refractivity contribution in [3.63, 3.8) is 0 Å². The van der Waals surface area contributed by atoms with Gasteiger partial charge in [-0.2, -0.15) is 0 Å². The van der Waals surface area contributed by atoms with Gasteiger partial charge in [0.05, 0.1) is 11.6 Å². The number of nitrogens with zero attached hydrogens (tertiary/aromatic N) is 1. The van der Waals surface area contributed by atoms with E-state index in [-0.39, 0.29) is 12.0 Å². The second-order valence-corrected chi connectivity index (χ2v) is 7.93. The van der Waals surface area contributed by atoms with E-state index in [4.69, 9.17) is 4.74 Å². The van der Waals surface area contributed by atoms with Gasteiger partial charge in [-0.05, 0) is 44.5 Å². The molecule has 0 bridgehead atoms. The lowest BCUT2D eigenvalue weighted by Crippen LogP contribution is -2.36. The molecule has 0 aliphatic carbocycles. The summed E-state index contributed by atoms with van der Waals surface area (Å²) >= 11 is 0. The molecule has 156 valence electrons. The molecule has 7 nitrogen and oxygen atoms in total. The molecular formula is C23H25N3O4. The quantitative estimate of drug-likeness (QED) is 0.555.